The molecule has 1 unspecified atom stereocenters. The molecule has 0 saturated carbocycles. The predicted molar refractivity (Wildman–Crippen MR) is 73.6 cm³/mol. The molecule has 1 aromatic heterocycles. The van der Waals surface area contributed by atoms with Gasteiger partial charge in [-0.2, -0.15) is 0 Å². The molecule has 0 aliphatic carbocycles. The Hall–Kier alpha value is -2.14. The summed E-state index contributed by atoms with van der Waals surface area (Å²) in [6, 6.07) is 7.71. The second-order valence-corrected chi connectivity index (χ2v) is 4.70. The second kappa shape index (κ2) is 5.24. The van der Waals surface area contributed by atoms with E-state index < -0.39 is 0 Å². The van der Waals surface area contributed by atoms with E-state index in [2.05, 4.69) is 20.6 Å². The molecule has 1 saturated heterocycles. The lowest BCUT2D eigenvalue weighted by Gasteiger charge is -2.10. The average Bonchev–Trinajstić information content (AvgIpc) is 3.13. The van der Waals surface area contributed by atoms with E-state index in [4.69, 9.17) is 0 Å². The molecule has 5 heteroatoms. The highest BCUT2D eigenvalue weighted by Gasteiger charge is 2.22. The lowest BCUT2D eigenvalue weighted by atomic mass is 10.1. The Morgan fingerprint density at radius 1 is 1.42 bits per heavy atom. The molecule has 1 atom stereocenters. The quantitative estimate of drug-likeness (QED) is 0.781. The van der Waals surface area contributed by atoms with Crippen LogP contribution in [0.4, 0.5) is 5.69 Å². The average molecular weight is 256 g/mol. The van der Waals surface area contributed by atoms with Gasteiger partial charge in [0.25, 0.3) is 0 Å². The molecular weight excluding hydrogens is 240 g/mol. The van der Waals surface area contributed by atoms with E-state index in [1.807, 2.05) is 24.3 Å². The van der Waals surface area contributed by atoms with Crippen molar-refractivity contribution < 1.29 is 4.79 Å². The van der Waals surface area contributed by atoms with E-state index in [0.29, 0.717) is 0 Å². The number of carbonyl (C=O) groups excluding carboxylic acids is 1. The molecule has 1 aliphatic heterocycles. The van der Waals surface area contributed by atoms with Gasteiger partial charge < -0.3 is 15.6 Å². The molecule has 1 aliphatic rings. The molecule has 3 N–H and O–H groups in total. The molecule has 2 aromatic rings. The fraction of sp³-hybridized carbons (Fsp3) is 0.286. The number of carbonyl (C=O) groups is 1. The molecule has 1 aromatic carbocycles. The van der Waals surface area contributed by atoms with Crippen LogP contribution in [0.5, 0.6) is 0 Å². The topological polar surface area (TPSA) is 69.8 Å². The molecule has 0 radical (unpaired) electrons. The van der Waals surface area contributed by atoms with Crippen molar-refractivity contribution >= 4 is 11.6 Å². The minimum atomic E-state index is 0.0762. The SMILES string of the molecule is O=C(Nc1cccc(-c2ncc[nH]2)c1)C1CCNC1. The molecule has 5 nitrogen and oxygen atoms in total. The van der Waals surface area contributed by atoms with Gasteiger partial charge in [-0.25, -0.2) is 4.98 Å². The zero-order valence-corrected chi connectivity index (χ0v) is 10.5. The summed E-state index contributed by atoms with van der Waals surface area (Å²) in [6.07, 6.45) is 4.40. The fourth-order valence-corrected chi connectivity index (χ4v) is 2.29. The van der Waals surface area contributed by atoms with Crippen LogP contribution in [0.1, 0.15) is 6.42 Å². The van der Waals surface area contributed by atoms with Gasteiger partial charge in [0.05, 0.1) is 5.92 Å². The van der Waals surface area contributed by atoms with Crippen molar-refractivity contribution in [2.75, 3.05) is 18.4 Å². The first kappa shape index (κ1) is 11.9. The maximum atomic E-state index is 12.0. The van der Waals surface area contributed by atoms with Crippen molar-refractivity contribution in [3.63, 3.8) is 0 Å². The highest BCUT2D eigenvalue weighted by molar-refractivity contribution is 5.93. The number of anilines is 1. The Bertz CT molecular complexity index is 559. The van der Waals surface area contributed by atoms with Crippen molar-refractivity contribution in [3.05, 3.63) is 36.7 Å². The number of rotatable bonds is 3. The van der Waals surface area contributed by atoms with Crippen molar-refractivity contribution in [2.45, 2.75) is 6.42 Å². The molecule has 1 fully saturated rings. The number of hydrogen-bond acceptors (Lipinski definition) is 3. The summed E-state index contributed by atoms with van der Waals surface area (Å²) in [4.78, 5) is 19.3. The summed E-state index contributed by atoms with van der Waals surface area (Å²) < 4.78 is 0. The van der Waals surface area contributed by atoms with Gasteiger partial charge in [0, 0.05) is 30.2 Å². The van der Waals surface area contributed by atoms with Crippen LogP contribution >= 0.6 is 0 Å². The number of H-pyrrole nitrogens is 1. The summed E-state index contributed by atoms with van der Waals surface area (Å²) in [5, 5.41) is 6.16. The van der Waals surface area contributed by atoms with Gasteiger partial charge in [0.1, 0.15) is 5.82 Å². The van der Waals surface area contributed by atoms with Crippen molar-refractivity contribution in [2.24, 2.45) is 5.92 Å². The highest BCUT2D eigenvalue weighted by Crippen LogP contribution is 2.20. The normalized spacial score (nSPS) is 18.4. The van der Waals surface area contributed by atoms with Gasteiger partial charge in [-0.3, -0.25) is 4.79 Å². The first-order valence-electron chi connectivity index (χ1n) is 6.44. The second-order valence-electron chi connectivity index (χ2n) is 4.70. The fourth-order valence-electron chi connectivity index (χ4n) is 2.29. The monoisotopic (exact) mass is 256 g/mol. The van der Waals surface area contributed by atoms with Crippen molar-refractivity contribution in [1.82, 2.24) is 15.3 Å². The zero-order valence-electron chi connectivity index (χ0n) is 10.5. The summed E-state index contributed by atoms with van der Waals surface area (Å²) in [7, 11) is 0. The van der Waals surface area contributed by atoms with Gasteiger partial charge in [-0.1, -0.05) is 12.1 Å². The third-order valence-corrected chi connectivity index (χ3v) is 3.33. The van der Waals surface area contributed by atoms with Crippen LogP contribution in [0, 0.1) is 5.92 Å². The van der Waals surface area contributed by atoms with E-state index in [1.165, 1.54) is 0 Å². The van der Waals surface area contributed by atoms with E-state index in [1.54, 1.807) is 12.4 Å². The molecule has 3 rings (SSSR count). The zero-order chi connectivity index (χ0) is 13.1. The Morgan fingerprint density at radius 2 is 2.37 bits per heavy atom. The van der Waals surface area contributed by atoms with Gasteiger partial charge in [-0.05, 0) is 25.1 Å². The van der Waals surface area contributed by atoms with Gasteiger partial charge in [-0.15, -0.1) is 0 Å². The predicted octanol–water partition coefficient (Wildman–Crippen LogP) is 1.62. The van der Waals surface area contributed by atoms with Crippen LogP contribution in [-0.2, 0) is 4.79 Å². The van der Waals surface area contributed by atoms with E-state index in [0.717, 1.165) is 36.6 Å². The maximum absolute atomic E-state index is 12.0. The van der Waals surface area contributed by atoms with Crippen LogP contribution in [0.15, 0.2) is 36.7 Å². The lowest BCUT2D eigenvalue weighted by molar-refractivity contribution is -0.119. The molecule has 1 amide bonds. The van der Waals surface area contributed by atoms with Crippen molar-refractivity contribution in [1.29, 1.82) is 0 Å². The number of hydrogen-bond donors (Lipinski definition) is 3. The first-order valence-corrected chi connectivity index (χ1v) is 6.44. The Balaban J connectivity index is 1.74. The maximum Gasteiger partial charge on any atom is 0.228 e. The Morgan fingerprint density at radius 3 is 3.11 bits per heavy atom. The summed E-state index contributed by atoms with van der Waals surface area (Å²) in [5.74, 6) is 0.965. The smallest absolute Gasteiger partial charge is 0.228 e. The molecule has 2 heterocycles. The van der Waals surface area contributed by atoms with Crippen LogP contribution < -0.4 is 10.6 Å². The van der Waals surface area contributed by atoms with Gasteiger partial charge in [0.2, 0.25) is 5.91 Å². The van der Waals surface area contributed by atoms with Crippen LogP contribution in [0.3, 0.4) is 0 Å². The largest absolute Gasteiger partial charge is 0.345 e. The summed E-state index contributed by atoms with van der Waals surface area (Å²) >= 11 is 0. The van der Waals surface area contributed by atoms with E-state index >= 15 is 0 Å². The molecule has 98 valence electrons. The van der Waals surface area contributed by atoms with Gasteiger partial charge in [0.15, 0.2) is 0 Å². The number of nitrogens with one attached hydrogen (secondary N) is 3. The van der Waals surface area contributed by atoms with E-state index in [-0.39, 0.29) is 11.8 Å². The summed E-state index contributed by atoms with van der Waals surface area (Å²) in [5.41, 5.74) is 1.78. The number of nitrogens with zero attached hydrogens (tertiary/aromatic N) is 1. The highest BCUT2D eigenvalue weighted by atomic mass is 16.1. The van der Waals surface area contributed by atoms with Crippen LogP contribution in [0.2, 0.25) is 0 Å². The van der Waals surface area contributed by atoms with Crippen molar-refractivity contribution in [3.8, 4) is 11.4 Å². The first-order chi connectivity index (χ1) is 9.33. The molecular formula is C14H16N4O. The number of benzene rings is 1. The number of amides is 1. The van der Waals surface area contributed by atoms with E-state index in [9.17, 15) is 4.79 Å². The summed E-state index contributed by atoms with van der Waals surface area (Å²) in [6.45, 7) is 1.69. The van der Waals surface area contributed by atoms with Crippen LogP contribution in [-0.4, -0.2) is 29.0 Å². The molecule has 0 spiro atoms. The minimum absolute atomic E-state index is 0.0762. The van der Waals surface area contributed by atoms with Crippen LogP contribution in [0.25, 0.3) is 11.4 Å². The standard InChI is InChI=1S/C14H16N4O/c19-14(11-4-5-15-9-11)18-12-3-1-2-10(8-12)13-16-6-7-17-13/h1-3,6-8,11,15H,4-5,9H2,(H,16,17)(H,18,19). The lowest BCUT2D eigenvalue weighted by Crippen LogP contribution is -2.24. The third kappa shape index (κ3) is 2.66. The molecule has 0 bridgehead atoms. The minimum Gasteiger partial charge on any atom is -0.345 e. The van der Waals surface area contributed by atoms with Gasteiger partial charge >= 0.3 is 0 Å². The Labute approximate surface area is 111 Å². The third-order valence-electron chi connectivity index (χ3n) is 3.33. The number of imidazole rings is 1. The Kier molecular flexibility index (Phi) is 3.29. The molecule has 19 heavy (non-hydrogen) atoms. The number of aromatic amines is 1. The number of aromatic nitrogens is 2.